The standard InChI is InChI=1S/C18H27BrFN3O2/c1-21-18(22-13-14-10-15(19)12-16(20)11-14)23-6-4-17(5-7-23)25-9-3-8-24-2/h10-12,17H,3-9,13H2,1-2H3,(H,21,22). The first kappa shape index (κ1) is 20.1. The molecule has 25 heavy (non-hydrogen) atoms. The molecular weight excluding hydrogens is 389 g/mol. The summed E-state index contributed by atoms with van der Waals surface area (Å²) in [6.07, 6.45) is 3.21. The van der Waals surface area contributed by atoms with Crippen molar-refractivity contribution in [3.63, 3.8) is 0 Å². The van der Waals surface area contributed by atoms with Gasteiger partial charge < -0.3 is 19.7 Å². The van der Waals surface area contributed by atoms with Crippen LogP contribution < -0.4 is 5.32 Å². The molecule has 1 aliphatic rings. The van der Waals surface area contributed by atoms with E-state index in [1.165, 1.54) is 12.1 Å². The Morgan fingerprint density at radius 2 is 2.08 bits per heavy atom. The zero-order chi connectivity index (χ0) is 18.1. The Bertz CT molecular complexity index is 543. The van der Waals surface area contributed by atoms with Crippen molar-refractivity contribution in [2.24, 2.45) is 4.99 Å². The normalized spacial score (nSPS) is 16.3. The van der Waals surface area contributed by atoms with Gasteiger partial charge in [-0.15, -0.1) is 0 Å². The first-order valence-corrected chi connectivity index (χ1v) is 9.42. The molecular formula is C18H27BrFN3O2. The van der Waals surface area contributed by atoms with Gasteiger partial charge in [0, 0.05) is 51.5 Å². The minimum atomic E-state index is -0.243. The highest BCUT2D eigenvalue weighted by Gasteiger charge is 2.21. The summed E-state index contributed by atoms with van der Waals surface area (Å²) in [4.78, 5) is 6.58. The van der Waals surface area contributed by atoms with Gasteiger partial charge in [0.2, 0.25) is 0 Å². The van der Waals surface area contributed by atoms with E-state index in [2.05, 4.69) is 31.1 Å². The monoisotopic (exact) mass is 415 g/mol. The zero-order valence-electron chi connectivity index (χ0n) is 14.9. The van der Waals surface area contributed by atoms with Gasteiger partial charge in [-0.1, -0.05) is 15.9 Å². The molecule has 0 atom stereocenters. The van der Waals surface area contributed by atoms with Crippen molar-refractivity contribution in [1.29, 1.82) is 0 Å². The lowest BCUT2D eigenvalue weighted by atomic mass is 10.1. The molecule has 7 heteroatoms. The average molecular weight is 416 g/mol. The van der Waals surface area contributed by atoms with Crippen LogP contribution in [0.2, 0.25) is 0 Å². The maximum Gasteiger partial charge on any atom is 0.193 e. The molecule has 0 amide bonds. The summed E-state index contributed by atoms with van der Waals surface area (Å²) in [5, 5.41) is 3.32. The Hall–Kier alpha value is -1.18. The number of hydrogen-bond donors (Lipinski definition) is 1. The second-order valence-electron chi connectivity index (χ2n) is 6.08. The smallest absolute Gasteiger partial charge is 0.193 e. The number of guanidine groups is 1. The summed E-state index contributed by atoms with van der Waals surface area (Å²) >= 11 is 3.32. The van der Waals surface area contributed by atoms with E-state index in [9.17, 15) is 4.39 Å². The highest BCUT2D eigenvalue weighted by atomic mass is 79.9. The van der Waals surface area contributed by atoms with Crippen molar-refractivity contribution in [1.82, 2.24) is 10.2 Å². The zero-order valence-corrected chi connectivity index (χ0v) is 16.5. The fourth-order valence-electron chi connectivity index (χ4n) is 2.91. The van der Waals surface area contributed by atoms with Gasteiger partial charge in [-0.25, -0.2) is 4.39 Å². The van der Waals surface area contributed by atoms with Crippen LogP contribution in [0.1, 0.15) is 24.8 Å². The van der Waals surface area contributed by atoms with Crippen molar-refractivity contribution in [2.75, 3.05) is 40.5 Å². The Kier molecular flexibility index (Phi) is 8.64. The van der Waals surface area contributed by atoms with E-state index in [-0.39, 0.29) is 5.82 Å². The van der Waals surface area contributed by atoms with Crippen molar-refractivity contribution in [3.8, 4) is 0 Å². The molecule has 0 radical (unpaired) electrons. The molecule has 1 saturated heterocycles. The third kappa shape index (κ3) is 6.92. The van der Waals surface area contributed by atoms with Crippen LogP contribution in [-0.2, 0) is 16.0 Å². The topological polar surface area (TPSA) is 46.1 Å². The molecule has 0 unspecified atom stereocenters. The molecule has 1 heterocycles. The molecule has 0 saturated carbocycles. The molecule has 0 bridgehead atoms. The number of methoxy groups -OCH3 is 1. The molecule has 1 N–H and O–H groups in total. The van der Waals surface area contributed by atoms with Gasteiger partial charge in [0.1, 0.15) is 5.82 Å². The van der Waals surface area contributed by atoms with Gasteiger partial charge in [-0.2, -0.15) is 0 Å². The second kappa shape index (κ2) is 10.7. The summed E-state index contributed by atoms with van der Waals surface area (Å²) in [6, 6.07) is 4.89. The predicted molar refractivity (Wildman–Crippen MR) is 101 cm³/mol. The van der Waals surface area contributed by atoms with Crippen LogP contribution >= 0.6 is 15.9 Å². The van der Waals surface area contributed by atoms with E-state index >= 15 is 0 Å². The minimum Gasteiger partial charge on any atom is -0.385 e. The molecule has 1 aliphatic heterocycles. The Morgan fingerprint density at radius 1 is 1.32 bits per heavy atom. The summed E-state index contributed by atoms with van der Waals surface area (Å²) < 4.78 is 25.1. The Labute approximate surface area is 157 Å². The lowest BCUT2D eigenvalue weighted by molar-refractivity contribution is 0.00989. The van der Waals surface area contributed by atoms with Gasteiger partial charge >= 0.3 is 0 Å². The van der Waals surface area contributed by atoms with Crippen LogP contribution in [-0.4, -0.2) is 57.4 Å². The summed E-state index contributed by atoms with van der Waals surface area (Å²) in [5.41, 5.74) is 0.879. The van der Waals surface area contributed by atoms with Gasteiger partial charge in [0.25, 0.3) is 0 Å². The minimum absolute atomic E-state index is 0.243. The molecule has 5 nitrogen and oxygen atoms in total. The van der Waals surface area contributed by atoms with Crippen LogP contribution in [0.15, 0.2) is 27.7 Å². The molecule has 0 aromatic heterocycles. The van der Waals surface area contributed by atoms with E-state index in [4.69, 9.17) is 9.47 Å². The van der Waals surface area contributed by atoms with E-state index in [1.807, 2.05) is 6.07 Å². The van der Waals surface area contributed by atoms with E-state index < -0.39 is 0 Å². The summed E-state index contributed by atoms with van der Waals surface area (Å²) in [7, 11) is 3.48. The first-order chi connectivity index (χ1) is 12.1. The van der Waals surface area contributed by atoms with Crippen molar-refractivity contribution < 1.29 is 13.9 Å². The van der Waals surface area contributed by atoms with Gasteiger partial charge in [0.15, 0.2) is 5.96 Å². The molecule has 0 aliphatic carbocycles. The van der Waals surface area contributed by atoms with Gasteiger partial charge in [0.05, 0.1) is 6.10 Å². The number of rotatable bonds is 7. The number of nitrogens with zero attached hydrogens (tertiary/aromatic N) is 2. The number of piperidine rings is 1. The first-order valence-electron chi connectivity index (χ1n) is 8.63. The third-order valence-corrected chi connectivity index (χ3v) is 4.63. The maximum atomic E-state index is 13.5. The number of hydrogen-bond acceptors (Lipinski definition) is 3. The van der Waals surface area contributed by atoms with E-state index in [0.29, 0.717) is 12.6 Å². The van der Waals surface area contributed by atoms with Gasteiger partial charge in [-0.05, 0) is 43.0 Å². The lowest BCUT2D eigenvalue weighted by Gasteiger charge is -2.34. The van der Waals surface area contributed by atoms with Crippen LogP contribution in [0, 0.1) is 5.82 Å². The molecule has 1 fully saturated rings. The Morgan fingerprint density at radius 3 is 2.72 bits per heavy atom. The van der Waals surface area contributed by atoms with Crippen molar-refractivity contribution >= 4 is 21.9 Å². The quantitative estimate of drug-likeness (QED) is 0.422. The largest absolute Gasteiger partial charge is 0.385 e. The number of benzene rings is 1. The number of nitrogens with one attached hydrogen (secondary N) is 1. The number of aliphatic imine (C=N–C) groups is 1. The second-order valence-corrected chi connectivity index (χ2v) is 7.00. The fraction of sp³-hybridized carbons (Fsp3) is 0.611. The van der Waals surface area contributed by atoms with Crippen LogP contribution in [0.4, 0.5) is 4.39 Å². The van der Waals surface area contributed by atoms with Gasteiger partial charge in [-0.3, -0.25) is 4.99 Å². The van der Waals surface area contributed by atoms with Crippen molar-refractivity contribution in [2.45, 2.75) is 31.9 Å². The average Bonchev–Trinajstić information content (AvgIpc) is 2.59. The maximum absolute atomic E-state index is 13.5. The van der Waals surface area contributed by atoms with Crippen LogP contribution in [0.3, 0.4) is 0 Å². The summed E-state index contributed by atoms with van der Waals surface area (Å²) in [6.45, 7) is 3.84. The third-order valence-electron chi connectivity index (χ3n) is 4.17. The van der Waals surface area contributed by atoms with Crippen molar-refractivity contribution in [3.05, 3.63) is 34.1 Å². The molecule has 0 spiro atoms. The molecule has 1 aromatic carbocycles. The summed E-state index contributed by atoms with van der Waals surface area (Å²) in [5.74, 6) is 0.603. The molecule has 140 valence electrons. The SMILES string of the molecule is CN=C(NCc1cc(F)cc(Br)c1)N1CCC(OCCCOC)CC1. The molecule has 2 rings (SSSR count). The number of ether oxygens (including phenoxy) is 2. The lowest BCUT2D eigenvalue weighted by Crippen LogP contribution is -2.46. The Balaban J connectivity index is 1.76. The fourth-order valence-corrected chi connectivity index (χ4v) is 3.43. The highest BCUT2D eigenvalue weighted by Crippen LogP contribution is 2.16. The van der Waals surface area contributed by atoms with Crippen LogP contribution in [0.25, 0.3) is 0 Å². The predicted octanol–water partition coefficient (Wildman–Crippen LogP) is 3.18. The van der Waals surface area contributed by atoms with Crippen LogP contribution in [0.5, 0.6) is 0 Å². The number of halogens is 2. The van der Waals surface area contributed by atoms with E-state index in [1.54, 1.807) is 14.2 Å². The van der Waals surface area contributed by atoms with E-state index in [0.717, 1.165) is 61.6 Å². The molecule has 1 aromatic rings. The number of likely N-dealkylation sites (tertiary alicyclic amines) is 1. The highest BCUT2D eigenvalue weighted by molar-refractivity contribution is 9.10.